The van der Waals surface area contributed by atoms with Gasteiger partial charge in [-0.3, -0.25) is 4.79 Å². The first-order valence-electron chi connectivity index (χ1n) is 5.26. The fraction of sp³-hybridized carbons (Fsp3) is 0.167. The van der Waals surface area contributed by atoms with Gasteiger partial charge in [-0.2, -0.15) is 5.10 Å². The molecule has 0 aliphatic rings. The maximum absolute atomic E-state index is 12.0. The number of benzene rings is 1. The standard InChI is InChI=1S/C12H9Br3N2O2/c1-19-10-3-2-8(13)4-7(10)6-17-12(18)11(15)9(14)5-16-17/h2-5H,6H2,1H3. The molecule has 0 atom stereocenters. The van der Waals surface area contributed by atoms with Crippen molar-refractivity contribution in [2.75, 3.05) is 7.11 Å². The van der Waals surface area contributed by atoms with Crippen LogP contribution in [0.15, 0.2) is 42.6 Å². The van der Waals surface area contributed by atoms with Crippen molar-refractivity contribution in [2.45, 2.75) is 6.54 Å². The van der Waals surface area contributed by atoms with Gasteiger partial charge in [-0.1, -0.05) is 15.9 Å². The molecule has 0 N–H and O–H groups in total. The lowest BCUT2D eigenvalue weighted by atomic mass is 10.2. The minimum atomic E-state index is -0.198. The molecule has 19 heavy (non-hydrogen) atoms. The van der Waals surface area contributed by atoms with Crippen molar-refractivity contribution in [1.82, 2.24) is 9.78 Å². The molecule has 0 amide bonds. The average Bonchev–Trinajstić information content (AvgIpc) is 2.40. The van der Waals surface area contributed by atoms with Crippen LogP contribution in [0.5, 0.6) is 5.75 Å². The van der Waals surface area contributed by atoms with Crippen LogP contribution >= 0.6 is 47.8 Å². The molecule has 0 fully saturated rings. The molecule has 1 aromatic heterocycles. The topological polar surface area (TPSA) is 44.1 Å². The largest absolute Gasteiger partial charge is 0.496 e. The quantitative estimate of drug-likeness (QED) is 0.715. The Balaban J connectivity index is 2.44. The van der Waals surface area contributed by atoms with Crippen molar-refractivity contribution in [3.63, 3.8) is 0 Å². The van der Waals surface area contributed by atoms with E-state index in [-0.39, 0.29) is 5.56 Å². The molecule has 0 saturated heterocycles. The maximum atomic E-state index is 12.0. The van der Waals surface area contributed by atoms with Crippen LogP contribution < -0.4 is 10.3 Å². The van der Waals surface area contributed by atoms with E-state index >= 15 is 0 Å². The molecular weight excluding hydrogens is 444 g/mol. The molecule has 0 bridgehead atoms. The zero-order valence-corrected chi connectivity index (χ0v) is 14.6. The third kappa shape index (κ3) is 3.27. The Morgan fingerprint density at radius 3 is 2.74 bits per heavy atom. The highest BCUT2D eigenvalue weighted by Gasteiger charge is 2.10. The highest BCUT2D eigenvalue weighted by Crippen LogP contribution is 2.24. The van der Waals surface area contributed by atoms with Crippen molar-refractivity contribution in [2.24, 2.45) is 0 Å². The Labute approximate surface area is 135 Å². The minimum Gasteiger partial charge on any atom is -0.496 e. The SMILES string of the molecule is COc1ccc(Br)cc1Cn1ncc(Br)c(Br)c1=O. The van der Waals surface area contributed by atoms with E-state index in [1.165, 1.54) is 4.68 Å². The molecule has 1 aromatic carbocycles. The maximum Gasteiger partial charge on any atom is 0.282 e. The van der Waals surface area contributed by atoms with Crippen LogP contribution in [0.25, 0.3) is 0 Å². The second-order valence-corrected chi connectivity index (χ2v) is 6.29. The number of hydrogen-bond donors (Lipinski definition) is 0. The number of aromatic nitrogens is 2. The van der Waals surface area contributed by atoms with Crippen molar-refractivity contribution >= 4 is 47.8 Å². The van der Waals surface area contributed by atoms with E-state index in [4.69, 9.17) is 4.74 Å². The van der Waals surface area contributed by atoms with Gasteiger partial charge in [0.1, 0.15) is 10.2 Å². The normalized spacial score (nSPS) is 10.5. The lowest BCUT2D eigenvalue weighted by Crippen LogP contribution is -2.24. The Morgan fingerprint density at radius 1 is 1.32 bits per heavy atom. The van der Waals surface area contributed by atoms with E-state index in [1.54, 1.807) is 13.3 Å². The third-order valence-electron chi connectivity index (χ3n) is 2.50. The molecule has 0 spiro atoms. The van der Waals surface area contributed by atoms with Crippen LogP contribution in [0.2, 0.25) is 0 Å². The van der Waals surface area contributed by atoms with Gasteiger partial charge in [-0.05, 0) is 50.1 Å². The summed E-state index contributed by atoms with van der Waals surface area (Å²) in [7, 11) is 1.60. The number of halogens is 3. The summed E-state index contributed by atoms with van der Waals surface area (Å²) in [5, 5.41) is 4.10. The highest BCUT2D eigenvalue weighted by molar-refractivity contribution is 9.13. The van der Waals surface area contributed by atoms with Crippen molar-refractivity contribution in [3.05, 3.63) is 53.7 Å². The molecule has 0 radical (unpaired) electrons. The third-order valence-corrected chi connectivity index (χ3v) is 4.90. The smallest absolute Gasteiger partial charge is 0.282 e. The number of rotatable bonds is 3. The van der Waals surface area contributed by atoms with Crippen LogP contribution in [-0.4, -0.2) is 16.9 Å². The van der Waals surface area contributed by atoms with E-state index in [1.807, 2.05) is 18.2 Å². The Kier molecular flexibility index (Phi) is 4.81. The summed E-state index contributed by atoms with van der Waals surface area (Å²) in [6.07, 6.45) is 1.58. The summed E-state index contributed by atoms with van der Waals surface area (Å²) in [5.41, 5.74) is 0.678. The van der Waals surface area contributed by atoms with Gasteiger partial charge < -0.3 is 4.74 Å². The Hall–Kier alpha value is -0.660. The molecule has 0 saturated carbocycles. The number of methoxy groups -OCH3 is 1. The molecule has 2 aromatic rings. The summed E-state index contributed by atoms with van der Waals surface area (Å²) < 4.78 is 8.67. The average molecular weight is 453 g/mol. The van der Waals surface area contributed by atoms with Crippen LogP contribution in [-0.2, 0) is 6.54 Å². The van der Waals surface area contributed by atoms with Crippen LogP contribution in [0.4, 0.5) is 0 Å². The van der Waals surface area contributed by atoms with E-state index in [0.29, 0.717) is 15.5 Å². The summed E-state index contributed by atoms with van der Waals surface area (Å²) in [4.78, 5) is 12.0. The predicted molar refractivity (Wildman–Crippen MR) is 83.7 cm³/mol. The molecule has 0 aliphatic carbocycles. The Bertz CT molecular complexity index is 671. The lowest BCUT2D eigenvalue weighted by molar-refractivity contribution is 0.406. The molecule has 2 rings (SSSR count). The highest BCUT2D eigenvalue weighted by atomic mass is 79.9. The van der Waals surface area contributed by atoms with Crippen molar-refractivity contribution in [1.29, 1.82) is 0 Å². The van der Waals surface area contributed by atoms with Crippen molar-refractivity contribution < 1.29 is 4.74 Å². The molecule has 7 heteroatoms. The van der Waals surface area contributed by atoms with Gasteiger partial charge in [-0.25, -0.2) is 4.68 Å². The van der Waals surface area contributed by atoms with Gasteiger partial charge in [0.15, 0.2) is 0 Å². The monoisotopic (exact) mass is 450 g/mol. The molecule has 1 heterocycles. The zero-order valence-electron chi connectivity index (χ0n) is 9.86. The minimum absolute atomic E-state index is 0.198. The van der Waals surface area contributed by atoms with Gasteiger partial charge in [0, 0.05) is 10.0 Å². The van der Waals surface area contributed by atoms with E-state index in [0.717, 1.165) is 15.8 Å². The molecule has 4 nitrogen and oxygen atoms in total. The predicted octanol–water partition coefficient (Wildman–Crippen LogP) is 3.59. The van der Waals surface area contributed by atoms with Gasteiger partial charge in [0.25, 0.3) is 5.56 Å². The van der Waals surface area contributed by atoms with E-state index < -0.39 is 0 Å². The van der Waals surface area contributed by atoms with Gasteiger partial charge in [-0.15, -0.1) is 0 Å². The fourth-order valence-electron chi connectivity index (χ4n) is 1.59. The summed E-state index contributed by atoms with van der Waals surface area (Å²) in [6, 6.07) is 5.64. The Morgan fingerprint density at radius 2 is 2.05 bits per heavy atom. The number of ether oxygens (including phenoxy) is 1. The second kappa shape index (κ2) is 6.19. The molecule has 0 aliphatic heterocycles. The molecular formula is C12H9Br3N2O2. The van der Waals surface area contributed by atoms with Gasteiger partial charge in [0.05, 0.1) is 24.3 Å². The van der Waals surface area contributed by atoms with Gasteiger partial charge in [0.2, 0.25) is 0 Å². The first-order valence-corrected chi connectivity index (χ1v) is 7.64. The van der Waals surface area contributed by atoms with Crippen LogP contribution in [0.3, 0.4) is 0 Å². The summed E-state index contributed by atoms with van der Waals surface area (Å²) in [6.45, 7) is 0.341. The van der Waals surface area contributed by atoms with E-state index in [9.17, 15) is 4.79 Å². The summed E-state index contributed by atoms with van der Waals surface area (Å²) >= 11 is 9.89. The number of nitrogens with zero attached hydrogens (tertiary/aromatic N) is 2. The number of hydrogen-bond acceptors (Lipinski definition) is 3. The van der Waals surface area contributed by atoms with Crippen LogP contribution in [0.1, 0.15) is 5.56 Å². The zero-order chi connectivity index (χ0) is 14.0. The lowest BCUT2D eigenvalue weighted by Gasteiger charge is -2.10. The summed E-state index contributed by atoms with van der Waals surface area (Å²) in [5.74, 6) is 0.718. The first kappa shape index (κ1) is 14.7. The first-order chi connectivity index (χ1) is 9.02. The second-order valence-electron chi connectivity index (χ2n) is 3.73. The van der Waals surface area contributed by atoms with E-state index in [2.05, 4.69) is 52.9 Å². The molecule has 100 valence electrons. The molecule has 0 unspecified atom stereocenters. The van der Waals surface area contributed by atoms with Crippen LogP contribution in [0, 0.1) is 0 Å². The fourth-order valence-corrected chi connectivity index (χ4v) is 2.57. The van der Waals surface area contributed by atoms with Gasteiger partial charge >= 0.3 is 0 Å². The van der Waals surface area contributed by atoms with Crippen molar-refractivity contribution in [3.8, 4) is 5.75 Å².